The van der Waals surface area contributed by atoms with E-state index in [1.165, 1.54) is 0 Å². The van der Waals surface area contributed by atoms with Crippen LogP contribution in [0.25, 0.3) is 0 Å². The molecule has 1 unspecified atom stereocenters. The molecule has 1 atom stereocenters. The minimum absolute atomic E-state index is 0.0472. The van der Waals surface area contributed by atoms with Gasteiger partial charge in [0, 0.05) is 24.5 Å². The summed E-state index contributed by atoms with van der Waals surface area (Å²) in [5, 5.41) is 19.6. The van der Waals surface area contributed by atoms with Crippen LogP contribution in [0.3, 0.4) is 0 Å². The second kappa shape index (κ2) is 10.6. The molecule has 0 amide bonds. The number of hydrogen-bond donors (Lipinski definition) is 2. The molecule has 1 aliphatic rings. The number of rotatable bonds is 6. The molecule has 2 N–H and O–H groups in total. The first-order valence-electron chi connectivity index (χ1n) is 9.38. The molecular weight excluding hydrogens is 453 g/mol. The van der Waals surface area contributed by atoms with Gasteiger partial charge in [-0.15, -0.1) is 11.3 Å². The van der Waals surface area contributed by atoms with Crippen molar-refractivity contribution in [3.63, 3.8) is 0 Å². The molecule has 32 heavy (non-hydrogen) atoms. The smallest absolute Gasteiger partial charge is 0.490 e. The molecular formula is C20H23F3N2O6S. The lowest BCUT2D eigenvalue weighted by Crippen LogP contribution is -2.36. The fraction of sp³-hybridized carbons (Fsp3) is 0.450. The quantitative estimate of drug-likeness (QED) is 0.650. The molecule has 2 aromatic rings. The standard InChI is InChI=1S/C18H22N2O4S.C2HF3O2/c1-11-19-13(10-25-11)9-20-5-4-12-6-16(23-2)17(24-3)7-14(12)15(20)8-18(21)22;3-2(4,5)1(6)7/h6-7,10,15H,4-5,8-9H2,1-3H3,(H,21,22);(H,6,7). The Hall–Kier alpha value is -2.86. The SMILES string of the molecule is COc1cc2c(cc1OC)C(CC(=O)O)N(Cc1csc(C)n1)CC2.O=C(O)C(F)(F)F. The largest absolute Gasteiger partial charge is 0.493 e. The summed E-state index contributed by atoms with van der Waals surface area (Å²) in [6, 6.07) is 3.68. The molecule has 3 rings (SSSR count). The van der Waals surface area contributed by atoms with Crippen LogP contribution in [0.4, 0.5) is 13.2 Å². The van der Waals surface area contributed by atoms with Gasteiger partial charge in [0.15, 0.2) is 11.5 Å². The Morgan fingerprint density at radius 3 is 2.28 bits per heavy atom. The number of carboxylic acid groups (broad SMARTS) is 2. The van der Waals surface area contributed by atoms with Crippen molar-refractivity contribution >= 4 is 23.3 Å². The number of halogens is 3. The van der Waals surface area contributed by atoms with Crippen LogP contribution in [0.2, 0.25) is 0 Å². The van der Waals surface area contributed by atoms with E-state index in [0.717, 1.165) is 34.8 Å². The highest BCUT2D eigenvalue weighted by molar-refractivity contribution is 7.09. The van der Waals surface area contributed by atoms with Crippen molar-refractivity contribution in [2.45, 2.75) is 38.5 Å². The average molecular weight is 476 g/mol. The minimum atomic E-state index is -5.08. The summed E-state index contributed by atoms with van der Waals surface area (Å²) >= 11 is 1.61. The number of hydrogen-bond acceptors (Lipinski definition) is 7. The first kappa shape index (κ1) is 25.4. The molecule has 176 valence electrons. The zero-order chi connectivity index (χ0) is 24.1. The summed E-state index contributed by atoms with van der Waals surface area (Å²) in [6.45, 7) is 3.42. The number of aryl methyl sites for hydroxylation is 1. The van der Waals surface area contributed by atoms with Crippen LogP contribution in [-0.4, -0.2) is 59.0 Å². The Kier molecular flexibility index (Phi) is 8.44. The molecule has 2 heterocycles. The van der Waals surface area contributed by atoms with Gasteiger partial charge in [-0.2, -0.15) is 13.2 Å². The second-order valence-electron chi connectivity index (χ2n) is 6.90. The second-order valence-corrected chi connectivity index (χ2v) is 7.96. The van der Waals surface area contributed by atoms with Gasteiger partial charge in [0.1, 0.15) is 0 Å². The molecule has 0 aliphatic carbocycles. The Balaban J connectivity index is 0.000000451. The summed E-state index contributed by atoms with van der Waals surface area (Å²) in [7, 11) is 3.20. The minimum Gasteiger partial charge on any atom is -0.493 e. The van der Waals surface area contributed by atoms with E-state index in [9.17, 15) is 23.1 Å². The highest BCUT2D eigenvalue weighted by Gasteiger charge is 2.38. The van der Waals surface area contributed by atoms with E-state index in [-0.39, 0.29) is 12.5 Å². The number of alkyl halides is 3. The Bertz CT molecular complexity index is 963. The molecule has 8 nitrogen and oxygen atoms in total. The van der Waals surface area contributed by atoms with Crippen molar-refractivity contribution in [3.8, 4) is 11.5 Å². The maximum atomic E-state index is 11.5. The predicted octanol–water partition coefficient (Wildman–Crippen LogP) is 3.68. The van der Waals surface area contributed by atoms with E-state index in [0.29, 0.717) is 18.0 Å². The molecule has 0 radical (unpaired) electrons. The van der Waals surface area contributed by atoms with Gasteiger partial charge in [-0.3, -0.25) is 9.69 Å². The summed E-state index contributed by atoms with van der Waals surface area (Å²) < 4.78 is 42.5. The van der Waals surface area contributed by atoms with E-state index in [1.54, 1.807) is 25.6 Å². The van der Waals surface area contributed by atoms with Crippen LogP contribution in [0.5, 0.6) is 11.5 Å². The molecule has 12 heteroatoms. The van der Waals surface area contributed by atoms with Crippen LogP contribution in [0, 0.1) is 6.92 Å². The molecule has 0 saturated heterocycles. The number of nitrogens with zero attached hydrogens (tertiary/aromatic N) is 2. The maximum Gasteiger partial charge on any atom is 0.490 e. The number of aliphatic carboxylic acids is 2. The van der Waals surface area contributed by atoms with Crippen molar-refractivity contribution in [1.82, 2.24) is 9.88 Å². The molecule has 0 fully saturated rings. The van der Waals surface area contributed by atoms with Gasteiger partial charge < -0.3 is 19.7 Å². The van der Waals surface area contributed by atoms with Crippen molar-refractivity contribution in [1.29, 1.82) is 0 Å². The van der Waals surface area contributed by atoms with Crippen LogP contribution in [-0.2, 0) is 22.6 Å². The van der Waals surface area contributed by atoms with Gasteiger partial charge in [-0.25, -0.2) is 9.78 Å². The van der Waals surface area contributed by atoms with Crippen LogP contribution < -0.4 is 9.47 Å². The zero-order valence-electron chi connectivity index (χ0n) is 17.6. The van der Waals surface area contributed by atoms with E-state index in [1.807, 2.05) is 24.4 Å². The average Bonchev–Trinajstić information content (AvgIpc) is 3.12. The normalized spacial score (nSPS) is 15.9. The number of aromatic nitrogens is 1. The van der Waals surface area contributed by atoms with Gasteiger partial charge in [0.2, 0.25) is 0 Å². The lowest BCUT2D eigenvalue weighted by molar-refractivity contribution is -0.192. The molecule has 0 bridgehead atoms. The fourth-order valence-corrected chi connectivity index (χ4v) is 3.97. The first-order chi connectivity index (χ1) is 15.0. The summed E-state index contributed by atoms with van der Waals surface area (Å²) in [5.41, 5.74) is 3.11. The van der Waals surface area contributed by atoms with Gasteiger partial charge in [0.25, 0.3) is 0 Å². The first-order valence-corrected chi connectivity index (χ1v) is 10.3. The molecule has 1 aliphatic heterocycles. The van der Waals surface area contributed by atoms with Gasteiger partial charge in [-0.05, 0) is 36.6 Å². The number of ether oxygens (including phenoxy) is 2. The van der Waals surface area contributed by atoms with Gasteiger partial charge >= 0.3 is 18.1 Å². The van der Waals surface area contributed by atoms with Crippen molar-refractivity contribution in [2.75, 3.05) is 20.8 Å². The van der Waals surface area contributed by atoms with E-state index in [2.05, 4.69) is 9.88 Å². The fourth-order valence-electron chi connectivity index (χ4n) is 3.36. The third-order valence-corrected chi connectivity index (χ3v) is 5.58. The van der Waals surface area contributed by atoms with Gasteiger partial charge in [0.05, 0.1) is 31.3 Å². The monoisotopic (exact) mass is 476 g/mol. The van der Waals surface area contributed by atoms with E-state index in [4.69, 9.17) is 19.4 Å². The van der Waals surface area contributed by atoms with Crippen LogP contribution >= 0.6 is 11.3 Å². The third-order valence-electron chi connectivity index (χ3n) is 4.76. The highest BCUT2D eigenvalue weighted by Crippen LogP contribution is 2.40. The number of methoxy groups -OCH3 is 2. The molecule has 1 aromatic heterocycles. The number of carbonyl (C=O) groups is 2. The third kappa shape index (κ3) is 6.57. The number of fused-ring (bicyclic) bond motifs is 1. The van der Waals surface area contributed by atoms with Crippen molar-refractivity contribution in [2.24, 2.45) is 0 Å². The van der Waals surface area contributed by atoms with Gasteiger partial charge in [-0.1, -0.05) is 0 Å². The summed E-state index contributed by atoms with van der Waals surface area (Å²) in [6.07, 6.45) is -4.19. The summed E-state index contributed by atoms with van der Waals surface area (Å²) in [4.78, 5) is 27.1. The molecule has 1 aromatic carbocycles. The van der Waals surface area contributed by atoms with E-state index >= 15 is 0 Å². The maximum absolute atomic E-state index is 11.5. The van der Waals surface area contributed by atoms with Crippen molar-refractivity contribution < 1.29 is 42.4 Å². The Morgan fingerprint density at radius 2 is 1.81 bits per heavy atom. The predicted molar refractivity (Wildman–Crippen MR) is 109 cm³/mol. The molecule has 0 spiro atoms. The van der Waals surface area contributed by atoms with Crippen LogP contribution in [0.15, 0.2) is 17.5 Å². The lowest BCUT2D eigenvalue weighted by atomic mass is 9.90. The molecule has 0 saturated carbocycles. The van der Waals surface area contributed by atoms with E-state index < -0.39 is 18.1 Å². The highest BCUT2D eigenvalue weighted by atomic mass is 32.1. The number of benzene rings is 1. The van der Waals surface area contributed by atoms with Crippen LogP contribution in [0.1, 0.15) is 34.3 Å². The number of carboxylic acids is 2. The Morgan fingerprint density at radius 1 is 1.22 bits per heavy atom. The summed E-state index contributed by atoms with van der Waals surface area (Å²) in [5.74, 6) is -2.26. The lowest BCUT2D eigenvalue weighted by Gasteiger charge is -2.36. The topological polar surface area (TPSA) is 109 Å². The number of thiazole rings is 1. The van der Waals surface area contributed by atoms with Crippen molar-refractivity contribution in [3.05, 3.63) is 39.3 Å². The Labute approximate surface area is 186 Å². The zero-order valence-corrected chi connectivity index (χ0v) is 18.4.